The average Bonchev–Trinajstić information content (AvgIpc) is 3.36. The Bertz CT molecular complexity index is 1140. The van der Waals surface area contributed by atoms with Gasteiger partial charge in [0.15, 0.2) is 9.84 Å². The molecule has 150 valence electrons. The fourth-order valence-corrected chi connectivity index (χ4v) is 6.65. The van der Waals surface area contributed by atoms with E-state index in [2.05, 4.69) is 4.72 Å². The lowest BCUT2D eigenvalue weighted by Crippen LogP contribution is -2.32. The molecule has 0 aliphatic heterocycles. The van der Waals surface area contributed by atoms with E-state index in [9.17, 15) is 21.2 Å². The fraction of sp³-hybridized carbons (Fsp3) is 0.176. The lowest BCUT2D eigenvalue weighted by molar-refractivity contribution is 0.400. The summed E-state index contributed by atoms with van der Waals surface area (Å²) in [6, 6.07) is 9.01. The highest BCUT2D eigenvalue weighted by Crippen LogP contribution is 2.32. The van der Waals surface area contributed by atoms with Crippen molar-refractivity contribution in [2.75, 3.05) is 13.7 Å². The van der Waals surface area contributed by atoms with Gasteiger partial charge in [0.25, 0.3) is 0 Å². The monoisotopic (exact) mass is 445 g/mol. The molecular weight excluding hydrogens is 429 g/mol. The van der Waals surface area contributed by atoms with Gasteiger partial charge in [0.2, 0.25) is 10.0 Å². The van der Waals surface area contributed by atoms with Crippen LogP contribution in [0.3, 0.4) is 0 Å². The average molecular weight is 446 g/mol. The third-order valence-corrected chi connectivity index (χ3v) is 8.82. The van der Waals surface area contributed by atoms with Crippen molar-refractivity contribution in [1.29, 1.82) is 0 Å². The number of furan rings is 1. The second-order valence-electron chi connectivity index (χ2n) is 5.63. The number of sulfonamides is 1. The number of thiophene rings is 1. The number of hydrogen-bond donors (Lipinski definition) is 1. The largest absolute Gasteiger partial charge is 0.495 e. The molecule has 3 aromatic rings. The highest BCUT2D eigenvalue weighted by atomic mass is 32.2. The van der Waals surface area contributed by atoms with Gasteiger partial charge in [-0.25, -0.2) is 25.9 Å². The molecule has 0 saturated carbocycles. The molecule has 1 atom stereocenters. The van der Waals surface area contributed by atoms with Gasteiger partial charge >= 0.3 is 0 Å². The summed E-state index contributed by atoms with van der Waals surface area (Å²) in [4.78, 5) is -0.429. The number of nitrogens with one attached hydrogen (secondary N) is 1. The third kappa shape index (κ3) is 4.12. The van der Waals surface area contributed by atoms with E-state index < -0.39 is 42.4 Å². The third-order valence-electron chi connectivity index (χ3n) is 3.88. The van der Waals surface area contributed by atoms with Crippen molar-refractivity contribution in [2.45, 2.75) is 14.4 Å². The van der Waals surface area contributed by atoms with Gasteiger partial charge in [0.1, 0.15) is 31.7 Å². The molecule has 0 saturated heterocycles. The topological polar surface area (TPSA) is 103 Å². The minimum atomic E-state index is -4.26. The molecule has 1 N–H and O–H groups in total. The van der Waals surface area contributed by atoms with Crippen LogP contribution >= 0.6 is 11.3 Å². The van der Waals surface area contributed by atoms with Crippen molar-refractivity contribution in [3.05, 3.63) is 65.7 Å². The Balaban J connectivity index is 1.94. The van der Waals surface area contributed by atoms with Gasteiger partial charge in [0.05, 0.1) is 13.4 Å². The summed E-state index contributed by atoms with van der Waals surface area (Å²) in [5.74, 6) is -0.748. The van der Waals surface area contributed by atoms with Crippen LogP contribution in [-0.4, -0.2) is 30.5 Å². The molecule has 3 rings (SSSR count). The molecule has 0 fully saturated rings. The highest BCUT2D eigenvalue weighted by Gasteiger charge is 2.34. The first kappa shape index (κ1) is 20.5. The zero-order chi connectivity index (χ0) is 20.4. The Morgan fingerprint density at radius 2 is 1.96 bits per heavy atom. The van der Waals surface area contributed by atoms with E-state index in [1.54, 1.807) is 11.4 Å². The molecule has 2 heterocycles. The lowest BCUT2D eigenvalue weighted by atomic mass is 10.3. The molecule has 7 nitrogen and oxygen atoms in total. The Hall–Kier alpha value is -2.21. The maximum absolute atomic E-state index is 13.6. The van der Waals surface area contributed by atoms with Crippen LogP contribution in [0.2, 0.25) is 0 Å². The van der Waals surface area contributed by atoms with Gasteiger partial charge in [-0.15, -0.1) is 11.3 Å². The van der Waals surface area contributed by atoms with Gasteiger partial charge < -0.3 is 9.15 Å². The predicted octanol–water partition coefficient (Wildman–Crippen LogP) is 2.98. The van der Waals surface area contributed by atoms with E-state index in [1.807, 2.05) is 0 Å². The summed E-state index contributed by atoms with van der Waals surface area (Å²) in [7, 11) is -6.93. The minimum Gasteiger partial charge on any atom is -0.495 e. The lowest BCUT2D eigenvalue weighted by Gasteiger charge is -2.16. The molecule has 0 radical (unpaired) electrons. The fourth-order valence-electron chi connectivity index (χ4n) is 2.53. The number of hydrogen-bond acceptors (Lipinski definition) is 7. The molecule has 0 aliphatic rings. The number of halogens is 1. The zero-order valence-electron chi connectivity index (χ0n) is 14.5. The summed E-state index contributed by atoms with van der Waals surface area (Å²) in [6.45, 7) is -0.504. The maximum Gasteiger partial charge on any atom is 0.244 e. The molecule has 0 spiro atoms. The molecule has 2 aromatic heterocycles. The van der Waals surface area contributed by atoms with Gasteiger partial charge in [-0.3, -0.25) is 0 Å². The van der Waals surface area contributed by atoms with Crippen molar-refractivity contribution >= 4 is 31.2 Å². The minimum absolute atomic E-state index is 0.0652. The molecule has 0 bridgehead atoms. The maximum atomic E-state index is 13.6. The molecular formula is C17H16FNO6S3. The highest BCUT2D eigenvalue weighted by molar-refractivity contribution is 7.93. The van der Waals surface area contributed by atoms with Gasteiger partial charge in [0, 0.05) is 6.54 Å². The predicted molar refractivity (Wildman–Crippen MR) is 101 cm³/mol. The van der Waals surface area contributed by atoms with Gasteiger partial charge in [-0.1, -0.05) is 6.07 Å². The van der Waals surface area contributed by atoms with Crippen LogP contribution in [0.15, 0.2) is 67.6 Å². The van der Waals surface area contributed by atoms with Crippen LogP contribution < -0.4 is 9.46 Å². The summed E-state index contributed by atoms with van der Waals surface area (Å²) < 4.78 is 77.3. The zero-order valence-corrected chi connectivity index (χ0v) is 17.0. The van der Waals surface area contributed by atoms with Crippen molar-refractivity contribution in [2.24, 2.45) is 0 Å². The quantitative estimate of drug-likeness (QED) is 0.572. The summed E-state index contributed by atoms with van der Waals surface area (Å²) in [5.41, 5.74) is 0. The standard InChI is InChI=1S/C17H16FNO6S3/c1-24-13-7-6-12(18)10-15(13)28(22,23)19-11-16(14-4-2-8-25-14)27(20,21)17-5-3-9-26-17/h2-10,16,19H,11H2,1H3/t16-/m1/s1. The van der Waals surface area contributed by atoms with E-state index in [4.69, 9.17) is 9.15 Å². The van der Waals surface area contributed by atoms with Crippen molar-refractivity contribution in [1.82, 2.24) is 4.72 Å². The van der Waals surface area contributed by atoms with E-state index >= 15 is 0 Å². The van der Waals surface area contributed by atoms with E-state index in [1.165, 1.54) is 37.6 Å². The van der Waals surface area contributed by atoms with E-state index in [-0.39, 0.29) is 15.7 Å². The van der Waals surface area contributed by atoms with Crippen LogP contribution in [0.5, 0.6) is 5.75 Å². The number of rotatable bonds is 8. The first-order valence-electron chi connectivity index (χ1n) is 7.89. The normalized spacial score (nSPS) is 13.4. The Labute approximate surface area is 165 Å². The van der Waals surface area contributed by atoms with Crippen LogP contribution in [-0.2, 0) is 19.9 Å². The Morgan fingerprint density at radius 3 is 2.57 bits per heavy atom. The number of ether oxygens (including phenoxy) is 1. The SMILES string of the molecule is COc1ccc(F)cc1S(=O)(=O)NC[C@H](c1ccco1)S(=O)(=O)c1cccs1. The number of benzene rings is 1. The van der Waals surface area contributed by atoms with Crippen LogP contribution in [0.1, 0.15) is 11.0 Å². The molecule has 11 heteroatoms. The molecule has 28 heavy (non-hydrogen) atoms. The smallest absolute Gasteiger partial charge is 0.244 e. The Morgan fingerprint density at radius 1 is 1.18 bits per heavy atom. The first-order chi connectivity index (χ1) is 13.3. The van der Waals surface area contributed by atoms with Crippen molar-refractivity contribution < 1.29 is 30.4 Å². The molecule has 0 amide bonds. The first-order valence-corrected chi connectivity index (χ1v) is 11.8. The van der Waals surface area contributed by atoms with E-state index in [0.717, 1.165) is 23.5 Å². The molecule has 1 aromatic carbocycles. The van der Waals surface area contributed by atoms with Gasteiger partial charge in [-0.05, 0) is 41.8 Å². The number of methoxy groups -OCH3 is 1. The second kappa shape index (κ2) is 8.03. The Kier molecular flexibility index (Phi) is 5.89. The molecule has 0 unspecified atom stereocenters. The summed E-state index contributed by atoms with van der Waals surface area (Å²) in [6.07, 6.45) is 1.30. The van der Waals surface area contributed by atoms with Crippen LogP contribution in [0.4, 0.5) is 4.39 Å². The van der Waals surface area contributed by atoms with Crippen LogP contribution in [0, 0.1) is 5.82 Å². The van der Waals surface area contributed by atoms with Crippen molar-refractivity contribution in [3.63, 3.8) is 0 Å². The van der Waals surface area contributed by atoms with Crippen LogP contribution in [0.25, 0.3) is 0 Å². The molecule has 0 aliphatic carbocycles. The number of sulfone groups is 1. The second-order valence-corrected chi connectivity index (χ2v) is 10.7. The van der Waals surface area contributed by atoms with Gasteiger partial charge in [-0.2, -0.15) is 0 Å². The summed E-state index contributed by atoms with van der Waals surface area (Å²) in [5, 5.41) is 0.309. The van der Waals surface area contributed by atoms with Crippen molar-refractivity contribution in [3.8, 4) is 5.75 Å². The summed E-state index contributed by atoms with van der Waals surface area (Å²) >= 11 is 1.02. The van der Waals surface area contributed by atoms with E-state index in [0.29, 0.717) is 0 Å².